The number of nitrogens with one attached hydrogen (secondary N) is 1. The Morgan fingerprint density at radius 2 is 1.85 bits per heavy atom. The zero-order valence-electron chi connectivity index (χ0n) is 21.2. The van der Waals surface area contributed by atoms with Crippen molar-refractivity contribution in [3.8, 4) is 5.69 Å². The molecule has 204 valence electrons. The maximum absolute atomic E-state index is 15.5. The molecule has 5 atom stereocenters. The van der Waals surface area contributed by atoms with Gasteiger partial charge in [-0.3, -0.25) is 14.2 Å². The zero-order valence-corrected chi connectivity index (χ0v) is 21.2. The van der Waals surface area contributed by atoms with Crippen molar-refractivity contribution in [2.75, 3.05) is 18.0 Å². The van der Waals surface area contributed by atoms with Crippen molar-refractivity contribution in [1.29, 1.82) is 0 Å². The van der Waals surface area contributed by atoms with E-state index in [1.165, 1.54) is 22.9 Å². The third kappa shape index (κ3) is 4.10. The van der Waals surface area contributed by atoms with Crippen molar-refractivity contribution in [2.45, 2.75) is 62.3 Å². The summed E-state index contributed by atoms with van der Waals surface area (Å²) < 4.78 is 59.4. The SMILES string of the molecule is O=C(NC12CC3C[C@H](CC(F)(C3)C1)C2)c1cn(-c2ccc(F)cc2F)c2nc(N3CC[C@H](F)C3)ccc2c1=O. The summed E-state index contributed by atoms with van der Waals surface area (Å²) in [5.41, 5.74) is -2.86. The second kappa shape index (κ2) is 8.53. The molecule has 1 aliphatic heterocycles. The van der Waals surface area contributed by atoms with E-state index in [9.17, 15) is 18.4 Å². The molecule has 3 unspecified atom stereocenters. The fraction of sp³-hybridized carbons (Fsp3) is 0.483. The van der Waals surface area contributed by atoms with Gasteiger partial charge in [0.2, 0.25) is 5.43 Å². The average molecular weight is 541 g/mol. The van der Waals surface area contributed by atoms with Crippen LogP contribution < -0.4 is 15.6 Å². The van der Waals surface area contributed by atoms with Crippen molar-refractivity contribution < 1.29 is 22.4 Å². The van der Waals surface area contributed by atoms with Crippen LogP contribution in [0.5, 0.6) is 0 Å². The first-order valence-corrected chi connectivity index (χ1v) is 13.5. The van der Waals surface area contributed by atoms with Gasteiger partial charge in [0.1, 0.15) is 34.9 Å². The van der Waals surface area contributed by atoms with Crippen LogP contribution in [0, 0.1) is 23.5 Å². The van der Waals surface area contributed by atoms with Crippen molar-refractivity contribution in [3.05, 3.63) is 63.9 Å². The van der Waals surface area contributed by atoms with E-state index < -0.39 is 40.3 Å². The molecule has 1 amide bonds. The van der Waals surface area contributed by atoms with Crippen LogP contribution in [0.4, 0.5) is 23.4 Å². The molecular weight excluding hydrogens is 512 g/mol. The zero-order chi connectivity index (χ0) is 27.1. The lowest BCUT2D eigenvalue weighted by Gasteiger charge is -2.59. The van der Waals surface area contributed by atoms with Gasteiger partial charge in [0.25, 0.3) is 5.91 Å². The Morgan fingerprint density at radius 1 is 1.08 bits per heavy atom. The second-order valence-electron chi connectivity index (χ2n) is 12.1. The molecule has 1 aromatic carbocycles. The van der Waals surface area contributed by atoms with E-state index in [0.717, 1.165) is 12.5 Å². The predicted octanol–water partition coefficient (Wildman–Crippen LogP) is 5.00. The number of rotatable bonds is 4. The Kier molecular flexibility index (Phi) is 5.38. The molecule has 4 bridgehead atoms. The predicted molar refractivity (Wildman–Crippen MR) is 138 cm³/mol. The molecule has 3 aromatic rings. The Balaban J connectivity index is 1.33. The monoisotopic (exact) mass is 540 g/mol. The van der Waals surface area contributed by atoms with Gasteiger partial charge in [-0.05, 0) is 74.6 Å². The van der Waals surface area contributed by atoms with Crippen molar-refractivity contribution in [3.63, 3.8) is 0 Å². The highest BCUT2D eigenvalue weighted by Crippen LogP contribution is 2.59. The van der Waals surface area contributed by atoms with Crippen LogP contribution in [0.1, 0.15) is 55.3 Å². The summed E-state index contributed by atoms with van der Waals surface area (Å²) in [5, 5.41) is 3.09. The lowest BCUT2D eigenvalue weighted by molar-refractivity contribution is -0.0937. The van der Waals surface area contributed by atoms with E-state index in [4.69, 9.17) is 0 Å². The molecule has 10 heteroatoms. The van der Waals surface area contributed by atoms with Gasteiger partial charge in [-0.25, -0.2) is 22.5 Å². The summed E-state index contributed by atoms with van der Waals surface area (Å²) in [5.74, 6) is -1.50. The fourth-order valence-corrected chi connectivity index (χ4v) is 7.92. The number of fused-ring (bicyclic) bond motifs is 1. The van der Waals surface area contributed by atoms with E-state index in [2.05, 4.69) is 10.3 Å². The molecule has 39 heavy (non-hydrogen) atoms. The summed E-state index contributed by atoms with van der Waals surface area (Å²) in [7, 11) is 0. The minimum atomic E-state index is -1.30. The molecule has 4 aliphatic carbocycles. The molecule has 4 saturated carbocycles. The first kappa shape index (κ1) is 24.6. The van der Waals surface area contributed by atoms with Gasteiger partial charge in [0.15, 0.2) is 5.65 Å². The van der Waals surface area contributed by atoms with Gasteiger partial charge in [0, 0.05) is 30.8 Å². The lowest BCUT2D eigenvalue weighted by atomic mass is 9.51. The van der Waals surface area contributed by atoms with E-state index in [1.807, 2.05) is 0 Å². The summed E-state index contributed by atoms with van der Waals surface area (Å²) in [6, 6.07) is 6.09. The number of aromatic nitrogens is 2. The van der Waals surface area contributed by atoms with Crippen LogP contribution in [-0.4, -0.2) is 45.9 Å². The largest absolute Gasteiger partial charge is 0.354 e. The number of nitrogens with zero attached hydrogens (tertiary/aromatic N) is 3. The van der Waals surface area contributed by atoms with E-state index >= 15 is 8.78 Å². The highest BCUT2D eigenvalue weighted by molar-refractivity contribution is 5.98. The van der Waals surface area contributed by atoms with Gasteiger partial charge < -0.3 is 10.2 Å². The van der Waals surface area contributed by atoms with Gasteiger partial charge in [-0.1, -0.05) is 0 Å². The lowest BCUT2D eigenvalue weighted by Crippen LogP contribution is -2.64. The normalized spacial score (nSPS) is 31.3. The third-order valence-corrected chi connectivity index (χ3v) is 9.07. The minimum Gasteiger partial charge on any atom is -0.354 e. The number of hydrogen-bond donors (Lipinski definition) is 1. The topological polar surface area (TPSA) is 67.2 Å². The van der Waals surface area contributed by atoms with Crippen LogP contribution in [0.25, 0.3) is 16.7 Å². The molecule has 8 rings (SSSR count). The number of carbonyl (C=O) groups is 1. The second-order valence-corrected chi connectivity index (χ2v) is 12.1. The molecule has 0 radical (unpaired) electrons. The van der Waals surface area contributed by atoms with E-state index in [-0.39, 0.29) is 47.1 Å². The maximum atomic E-state index is 15.5. The Morgan fingerprint density at radius 3 is 2.51 bits per heavy atom. The average Bonchev–Trinajstić information content (AvgIpc) is 3.29. The third-order valence-electron chi connectivity index (χ3n) is 9.07. The Hall–Kier alpha value is -3.43. The highest BCUT2D eigenvalue weighted by Gasteiger charge is 2.59. The number of benzene rings is 1. The standard InChI is InChI=1S/C29H28F4N4O2/c30-18-1-3-23(22(32)8-18)37-14-21(25(38)20-2-4-24(34-26(20)37)36-6-5-19(31)13-36)27(39)35-29-11-16-7-17(12-29)10-28(33,9-16)15-29/h1-4,8,14,16-17,19H,5-7,9-13,15H2,(H,35,39)/t16-,17?,19+,28?,29?/m1/s1. The number of halogens is 4. The fourth-order valence-electron chi connectivity index (χ4n) is 7.92. The number of amides is 1. The number of pyridine rings is 2. The van der Waals surface area contributed by atoms with Crippen LogP contribution >= 0.6 is 0 Å². The number of hydrogen-bond acceptors (Lipinski definition) is 4. The number of anilines is 1. The van der Waals surface area contributed by atoms with E-state index in [1.54, 1.807) is 11.0 Å². The van der Waals surface area contributed by atoms with Crippen LogP contribution in [-0.2, 0) is 0 Å². The maximum Gasteiger partial charge on any atom is 0.257 e. The van der Waals surface area contributed by atoms with Crippen LogP contribution in [0.15, 0.2) is 41.3 Å². The minimum absolute atomic E-state index is 0.0681. The Bertz CT molecular complexity index is 1560. The van der Waals surface area contributed by atoms with Gasteiger partial charge >= 0.3 is 0 Å². The summed E-state index contributed by atoms with van der Waals surface area (Å²) in [4.78, 5) is 33.6. The molecule has 5 fully saturated rings. The number of carbonyl (C=O) groups excluding carboxylic acids is 1. The Labute approximate surface area is 222 Å². The van der Waals surface area contributed by atoms with Crippen molar-refractivity contribution in [2.24, 2.45) is 11.8 Å². The van der Waals surface area contributed by atoms with Gasteiger partial charge in [-0.15, -0.1) is 0 Å². The van der Waals surface area contributed by atoms with Crippen molar-refractivity contribution in [1.82, 2.24) is 14.9 Å². The highest BCUT2D eigenvalue weighted by atomic mass is 19.1. The first-order valence-electron chi connectivity index (χ1n) is 13.5. The van der Waals surface area contributed by atoms with Crippen molar-refractivity contribution >= 4 is 22.8 Å². The molecule has 5 aliphatic rings. The van der Waals surface area contributed by atoms with Gasteiger partial charge in [-0.2, -0.15) is 0 Å². The van der Waals surface area contributed by atoms with E-state index in [0.29, 0.717) is 50.5 Å². The van der Waals surface area contributed by atoms with Crippen LogP contribution in [0.3, 0.4) is 0 Å². The molecular formula is C29H28F4N4O2. The molecule has 6 nitrogen and oxygen atoms in total. The van der Waals surface area contributed by atoms with Gasteiger partial charge in [0.05, 0.1) is 17.6 Å². The molecule has 1 N–H and O–H groups in total. The summed E-state index contributed by atoms with van der Waals surface area (Å²) in [6.45, 7) is 0.587. The summed E-state index contributed by atoms with van der Waals surface area (Å²) >= 11 is 0. The molecule has 3 heterocycles. The van der Waals surface area contributed by atoms with Crippen LogP contribution in [0.2, 0.25) is 0 Å². The number of alkyl halides is 2. The molecule has 1 saturated heterocycles. The quantitative estimate of drug-likeness (QED) is 0.473. The molecule has 2 aromatic heterocycles. The smallest absolute Gasteiger partial charge is 0.257 e. The molecule has 0 spiro atoms. The summed E-state index contributed by atoms with van der Waals surface area (Å²) in [6.07, 6.45) is 4.13. The first-order chi connectivity index (χ1) is 18.6.